The van der Waals surface area contributed by atoms with Gasteiger partial charge in [0.2, 0.25) is 5.91 Å². The lowest BCUT2D eigenvalue weighted by atomic mass is 10.1. The third kappa shape index (κ3) is 2.45. The third-order valence-electron chi connectivity index (χ3n) is 2.13. The number of hydrogen-bond acceptors (Lipinski definition) is 2. The van der Waals surface area contributed by atoms with Crippen molar-refractivity contribution in [3.05, 3.63) is 11.1 Å². The summed E-state index contributed by atoms with van der Waals surface area (Å²) in [6, 6.07) is 0. The van der Waals surface area contributed by atoms with Gasteiger partial charge in [-0.15, -0.1) is 0 Å². The lowest BCUT2D eigenvalue weighted by molar-refractivity contribution is -0.120. The largest absolute Gasteiger partial charge is 0.366 e. The van der Waals surface area contributed by atoms with Crippen LogP contribution in [-0.2, 0) is 4.79 Å². The van der Waals surface area contributed by atoms with Crippen molar-refractivity contribution in [3.63, 3.8) is 0 Å². The normalized spacial score (nSPS) is 27.3. The molecule has 0 bridgehead atoms. The molecule has 1 amide bonds. The van der Waals surface area contributed by atoms with Crippen molar-refractivity contribution < 1.29 is 9.90 Å². The zero-order chi connectivity index (χ0) is 9.90. The van der Waals surface area contributed by atoms with Crippen LogP contribution in [0.25, 0.3) is 0 Å². The van der Waals surface area contributed by atoms with E-state index in [9.17, 15) is 9.90 Å². The molecule has 0 aromatic rings. The molecule has 1 unspecified atom stereocenters. The van der Waals surface area contributed by atoms with Gasteiger partial charge in [-0.25, -0.2) is 0 Å². The summed E-state index contributed by atoms with van der Waals surface area (Å²) < 4.78 is 0. The van der Waals surface area contributed by atoms with Crippen LogP contribution in [0.5, 0.6) is 0 Å². The summed E-state index contributed by atoms with van der Waals surface area (Å²) >= 11 is 5.72. The van der Waals surface area contributed by atoms with Gasteiger partial charge in [0, 0.05) is 12.5 Å². The van der Waals surface area contributed by atoms with E-state index in [-0.39, 0.29) is 10.9 Å². The van der Waals surface area contributed by atoms with Crippen LogP contribution in [-0.4, -0.2) is 16.7 Å². The molecule has 74 valence electrons. The van der Waals surface area contributed by atoms with E-state index in [0.29, 0.717) is 6.42 Å². The van der Waals surface area contributed by atoms with E-state index in [1.165, 1.54) is 6.08 Å². The molecular weight excluding hydrogens is 190 g/mol. The van der Waals surface area contributed by atoms with Crippen molar-refractivity contribution in [2.24, 2.45) is 0 Å². The predicted octanol–water partition coefficient (Wildman–Crippen LogP) is 1.51. The Morgan fingerprint density at radius 1 is 1.62 bits per heavy atom. The standard InChI is InChI=1S/C9H14ClNO2/c1-2-3-4-5-9(13)7(10)6-8(12)11-9/h6,13H,2-5H2,1H3,(H,11,12). The first-order chi connectivity index (χ1) is 6.08. The topological polar surface area (TPSA) is 49.3 Å². The molecule has 0 aromatic carbocycles. The summed E-state index contributed by atoms with van der Waals surface area (Å²) in [6.07, 6.45) is 4.68. The number of amides is 1. The Kier molecular flexibility index (Phi) is 3.33. The minimum Gasteiger partial charge on any atom is -0.366 e. The number of carbonyl (C=O) groups is 1. The highest BCUT2D eigenvalue weighted by atomic mass is 35.5. The molecule has 0 spiro atoms. The number of carbonyl (C=O) groups excluding carboxylic acids is 1. The average Bonchev–Trinajstić information content (AvgIpc) is 2.27. The molecule has 0 radical (unpaired) electrons. The molecule has 0 saturated heterocycles. The van der Waals surface area contributed by atoms with Gasteiger partial charge in [0.1, 0.15) is 0 Å². The number of aliphatic hydroxyl groups is 1. The molecule has 0 fully saturated rings. The second-order valence-corrected chi connectivity index (χ2v) is 3.71. The maximum Gasteiger partial charge on any atom is 0.247 e. The van der Waals surface area contributed by atoms with Gasteiger partial charge in [-0.05, 0) is 6.42 Å². The molecule has 2 N–H and O–H groups in total. The summed E-state index contributed by atoms with van der Waals surface area (Å²) in [4.78, 5) is 10.9. The van der Waals surface area contributed by atoms with Gasteiger partial charge in [-0.2, -0.15) is 0 Å². The number of nitrogens with one attached hydrogen (secondary N) is 1. The zero-order valence-electron chi connectivity index (χ0n) is 7.64. The second-order valence-electron chi connectivity index (χ2n) is 3.30. The van der Waals surface area contributed by atoms with Crippen LogP contribution in [0.1, 0.15) is 32.6 Å². The Labute approximate surface area is 82.8 Å². The summed E-state index contributed by atoms with van der Waals surface area (Å²) in [7, 11) is 0. The molecule has 13 heavy (non-hydrogen) atoms. The molecule has 1 aliphatic rings. The van der Waals surface area contributed by atoms with Gasteiger partial charge in [-0.3, -0.25) is 4.79 Å². The fourth-order valence-corrected chi connectivity index (χ4v) is 1.59. The Morgan fingerprint density at radius 3 is 2.77 bits per heavy atom. The van der Waals surface area contributed by atoms with Crippen molar-refractivity contribution in [3.8, 4) is 0 Å². The smallest absolute Gasteiger partial charge is 0.247 e. The fraction of sp³-hybridized carbons (Fsp3) is 0.667. The molecule has 1 aliphatic heterocycles. The first-order valence-corrected chi connectivity index (χ1v) is 4.88. The summed E-state index contributed by atoms with van der Waals surface area (Å²) in [5.74, 6) is -0.316. The highest BCUT2D eigenvalue weighted by Crippen LogP contribution is 2.28. The number of halogens is 1. The molecule has 0 aliphatic carbocycles. The second kappa shape index (κ2) is 4.11. The number of unbranched alkanes of at least 4 members (excludes halogenated alkanes) is 2. The first-order valence-electron chi connectivity index (χ1n) is 4.50. The minimum absolute atomic E-state index is 0.202. The molecule has 0 saturated carbocycles. The van der Waals surface area contributed by atoms with Crippen LogP contribution in [0.3, 0.4) is 0 Å². The van der Waals surface area contributed by atoms with Gasteiger partial charge in [0.25, 0.3) is 0 Å². The molecular formula is C9H14ClNO2. The van der Waals surface area contributed by atoms with E-state index in [0.717, 1.165) is 19.3 Å². The van der Waals surface area contributed by atoms with Gasteiger partial charge >= 0.3 is 0 Å². The first kappa shape index (κ1) is 10.5. The van der Waals surface area contributed by atoms with Crippen LogP contribution in [0, 0.1) is 0 Å². The quantitative estimate of drug-likeness (QED) is 0.681. The van der Waals surface area contributed by atoms with E-state index in [2.05, 4.69) is 12.2 Å². The zero-order valence-corrected chi connectivity index (χ0v) is 8.40. The molecule has 3 nitrogen and oxygen atoms in total. The highest BCUT2D eigenvalue weighted by Gasteiger charge is 2.36. The van der Waals surface area contributed by atoms with Crippen molar-refractivity contribution in [2.75, 3.05) is 0 Å². The molecule has 1 atom stereocenters. The summed E-state index contributed by atoms with van der Waals surface area (Å²) in [5, 5.41) is 12.5. The van der Waals surface area contributed by atoms with Gasteiger partial charge in [-0.1, -0.05) is 31.4 Å². The summed E-state index contributed by atoms with van der Waals surface area (Å²) in [6.45, 7) is 2.08. The van der Waals surface area contributed by atoms with Crippen molar-refractivity contribution in [1.82, 2.24) is 5.32 Å². The predicted molar refractivity (Wildman–Crippen MR) is 51.2 cm³/mol. The fourth-order valence-electron chi connectivity index (χ4n) is 1.35. The minimum atomic E-state index is -1.30. The van der Waals surface area contributed by atoms with E-state index < -0.39 is 5.72 Å². The Balaban J connectivity index is 2.48. The van der Waals surface area contributed by atoms with Gasteiger partial charge in [0.05, 0.1) is 5.03 Å². The SMILES string of the molecule is CCCCCC1(O)NC(=O)C=C1Cl. The Bertz CT molecular complexity index is 240. The number of hydrogen-bond donors (Lipinski definition) is 2. The third-order valence-corrected chi connectivity index (χ3v) is 2.55. The van der Waals surface area contributed by atoms with E-state index in [1.54, 1.807) is 0 Å². The Morgan fingerprint density at radius 2 is 2.31 bits per heavy atom. The molecule has 1 rings (SSSR count). The van der Waals surface area contributed by atoms with Crippen LogP contribution in [0.4, 0.5) is 0 Å². The average molecular weight is 204 g/mol. The molecule has 4 heteroatoms. The maximum absolute atomic E-state index is 10.9. The van der Waals surface area contributed by atoms with Crippen molar-refractivity contribution in [1.29, 1.82) is 0 Å². The lowest BCUT2D eigenvalue weighted by Gasteiger charge is -2.23. The lowest BCUT2D eigenvalue weighted by Crippen LogP contribution is -2.43. The Hall–Kier alpha value is -0.540. The van der Waals surface area contributed by atoms with E-state index in [1.807, 2.05) is 0 Å². The number of rotatable bonds is 4. The van der Waals surface area contributed by atoms with Crippen LogP contribution >= 0.6 is 11.6 Å². The molecule has 0 aromatic heterocycles. The van der Waals surface area contributed by atoms with Gasteiger partial charge < -0.3 is 10.4 Å². The van der Waals surface area contributed by atoms with Crippen molar-refractivity contribution >= 4 is 17.5 Å². The highest BCUT2D eigenvalue weighted by molar-refractivity contribution is 6.33. The maximum atomic E-state index is 10.9. The van der Waals surface area contributed by atoms with E-state index in [4.69, 9.17) is 11.6 Å². The van der Waals surface area contributed by atoms with E-state index >= 15 is 0 Å². The van der Waals surface area contributed by atoms with Crippen molar-refractivity contribution in [2.45, 2.75) is 38.3 Å². The monoisotopic (exact) mass is 203 g/mol. The van der Waals surface area contributed by atoms with Crippen LogP contribution in [0.2, 0.25) is 0 Å². The van der Waals surface area contributed by atoms with Crippen LogP contribution < -0.4 is 5.32 Å². The summed E-state index contributed by atoms with van der Waals surface area (Å²) in [5.41, 5.74) is -1.30. The molecule has 1 heterocycles. The van der Waals surface area contributed by atoms with Gasteiger partial charge in [0.15, 0.2) is 5.72 Å². The van der Waals surface area contributed by atoms with Crippen LogP contribution in [0.15, 0.2) is 11.1 Å².